The van der Waals surface area contributed by atoms with Crippen LogP contribution >= 0.6 is 15.9 Å². The predicted octanol–water partition coefficient (Wildman–Crippen LogP) is 5.89. The fourth-order valence-electron chi connectivity index (χ4n) is 3.08. The van der Waals surface area contributed by atoms with Gasteiger partial charge in [0.05, 0.1) is 36.9 Å². The van der Waals surface area contributed by atoms with E-state index in [0.717, 1.165) is 10.9 Å². The van der Waals surface area contributed by atoms with Crippen LogP contribution in [0.1, 0.15) is 70.8 Å². The molecule has 1 aromatic carbocycles. The number of halogens is 1. The van der Waals surface area contributed by atoms with Gasteiger partial charge in [-0.2, -0.15) is 0 Å². The average Bonchev–Trinajstić information content (AvgIpc) is 2.63. The van der Waals surface area contributed by atoms with E-state index in [0.29, 0.717) is 0 Å². The Morgan fingerprint density at radius 3 is 1.68 bits per heavy atom. The van der Waals surface area contributed by atoms with Crippen molar-refractivity contribution in [1.82, 2.24) is 0 Å². The van der Waals surface area contributed by atoms with Gasteiger partial charge in [0.2, 0.25) is 0 Å². The van der Waals surface area contributed by atoms with Crippen molar-refractivity contribution in [3.63, 3.8) is 0 Å². The number of hydrogen-bond donors (Lipinski definition) is 0. The number of aryl methyl sites for hydroxylation is 1. The van der Waals surface area contributed by atoms with Crippen LogP contribution < -0.4 is 0 Å². The van der Waals surface area contributed by atoms with Crippen molar-refractivity contribution in [3.8, 4) is 0 Å². The summed E-state index contributed by atoms with van der Waals surface area (Å²) >= 11 is 3.61. The molecule has 0 bridgehead atoms. The molecule has 4 nitrogen and oxygen atoms in total. The predicted molar refractivity (Wildman–Crippen MR) is 122 cm³/mol. The average molecular weight is 479 g/mol. The van der Waals surface area contributed by atoms with Gasteiger partial charge < -0.3 is 9.04 Å². The van der Waals surface area contributed by atoms with Gasteiger partial charge in [0.25, 0.3) is 0 Å². The van der Waals surface area contributed by atoms with E-state index in [1.165, 1.54) is 87.6 Å². The number of unbranched alkanes of at least 4 members (excludes halogenated alkanes) is 6. The zero-order valence-corrected chi connectivity index (χ0v) is 20.7. The van der Waals surface area contributed by atoms with Gasteiger partial charge in [-0.3, -0.25) is 0 Å². The monoisotopic (exact) mass is 477 g/mol. The molecule has 0 aromatic heterocycles. The van der Waals surface area contributed by atoms with Crippen molar-refractivity contribution in [2.45, 2.75) is 77.0 Å². The lowest BCUT2D eigenvalue weighted by Crippen LogP contribution is -2.46. The summed E-state index contributed by atoms with van der Waals surface area (Å²) < 4.78 is 32.4. The minimum atomic E-state index is -4.27. The molecule has 0 amide bonds. The zero-order valence-electron chi connectivity index (χ0n) is 18.3. The Morgan fingerprint density at radius 1 is 0.857 bits per heavy atom. The minimum Gasteiger partial charge on any atom is -0.744 e. The maximum atomic E-state index is 10.4. The van der Waals surface area contributed by atoms with E-state index in [9.17, 15) is 13.0 Å². The lowest BCUT2D eigenvalue weighted by molar-refractivity contribution is -0.907. The molecule has 0 radical (unpaired) electrons. The van der Waals surface area contributed by atoms with Gasteiger partial charge in [0.15, 0.2) is 0 Å². The van der Waals surface area contributed by atoms with E-state index in [4.69, 9.17) is 0 Å². The number of quaternary nitrogens is 1. The summed E-state index contributed by atoms with van der Waals surface area (Å²) in [5.74, 6) is 0. The molecular weight excluding hydrogens is 438 g/mol. The van der Waals surface area contributed by atoms with Gasteiger partial charge >= 0.3 is 0 Å². The second-order valence-corrected chi connectivity index (χ2v) is 10.0. The van der Waals surface area contributed by atoms with Crippen molar-refractivity contribution < 1.29 is 17.5 Å². The highest BCUT2D eigenvalue weighted by molar-refractivity contribution is 9.09. The third-order valence-corrected chi connectivity index (χ3v) is 6.24. The van der Waals surface area contributed by atoms with Crippen LogP contribution in [0, 0.1) is 6.92 Å². The molecule has 6 heteroatoms. The van der Waals surface area contributed by atoms with Crippen molar-refractivity contribution in [1.29, 1.82) is 0 Å². The number of benzene rings is 1. The van der Waals surface area contributed by atoms with Gasteiger partial charge in [-0.1, -0.05) is 73.2 Å². The van der Waals surface area contributed by atoms with Gasteiger partial charge in [-0.25, -0.2) is 8.42 Å². The Kier molecular flexibility index (Phi) is 15.2. The number of alkyl halides is 1. The molecule has 0 atom stereocenters. The molecule has 1 rings (SSSR count). The van der Waals surface area contributed by atoms with E-state index >= 15 is 0 Å². The topological polar surface area (TPSA) is 57.2 Å². The summed E-state index contributed by atoms with van der Waals surface area (Å²) in [6.07, 6.45) is 11.2. The SMILES string of the molecule is CCCCCC[N+](C)(CCBr)CCCCCC.Cc1ccc(S(=O)(=O)[O-])cc1. The summed E-state index contributed by atoms with van der Waals surface area (Å²) in [5.41, 5.74) is 0.928. The fraction of sp³-hybridized carbons (Fsp3) is 0.727. The van der Waals surface area contributed by atoms with E-state index in [1.54, 1.807) is 12.1 Å². The van der Waals surface area contributed by atoms with Crippen molar-refractivity contribution in [3.05, 3.63) is 29.8 Å². The second-order valence-electron chi connectivity index (χ2n) is 7.87. The zero-order chi connectivity index (χ0) is 21.5. The van der Waals surface area contributed by atoms with Crippen molar-refractivity contribution in [2.24, 2.45) is 0 Å². The molecule has 28 heavy (non-hydrogen) atoms. The molecule has 0 saturated heterocycles. The number of rotatable bonds is 13. The molecule has 0 aliphatic rings. The second kappa shape index (κ2) is 15.4. The Morgan fingerprint density at radius 2 is 1.32 bits per heavy atom. The van der Waals surface area contributed by atoms with Gasteiger partial charge in [0.1, 0.15) is 10.1 Å². The first-order valence-electron chi connectivity index (χ1n) is 10.6. The molecule has 1 aromatic rings. The highest BCUT2D eigenvalue weighted by Gasteiger charge is 2.19. The Bertz CT molecular complexity index is 591. The first kappa shape index (κ1) is 27.6. The fourth-order valence-corrected chi connectivity index (χ4v) is 4.41. The molecule has 0 spiro atoms. The Balaban J connectivity index is 0.000000567. The summed E-state index contributed by atoms with van der Waals surface area (Å²) in [6.45, 7) is 10.4. The molecule has 0 fully saturated rings. The molecule has 0 aliphatic carbocycles. The smallest absolute Gasteiger partial charge is 0.124 e. The molecular formula is C22H40BrNO3S. The van der Waals surface area contributed by atoms with Crippen LogP contribution in [0.5, 0.6) is 0 Å². The van der Waals surface area contributed by atoms with E-state index in [2.05, 4.69) is 36.8 Å². The van der Waals surface area contributed by atoms with Crippen molar-refractivity contribution >= 4 is 26.0 Å². The highest BCUT2D eigenvalue weighted by Crippen LogP contribution is 2.12. The third-order valence-electron chi connectivity index (χ3n) is 5.04. The van der Waals surface area contributed by atoms with Crippen LogP contribution in [-0.2, 0) is 10.1 Å². The maximum Gasteiger partial charge on any atom is 0.124 e. The number of hydrogen-bond acceptors (Lipinski definition) is 3. The summed E-state index contributed by atoms with van der Waals surface area (Å²) in [7, 11) is -1.83. The summed E-state index contributed by atoms with van der Waals surface area (Å²) in [4.78, 5) is -0.178. The Hall–Kier alpha value is -0.430. The third kappa shape index (κ3) is 13.7. The molecule has 0 N–H and O–H groups in total. The van der Waals surface area contributed by atoms with Gasteiger partial charge in [-0.15, -0.1) is 0 Å². The van der Waals surface area contributed by atoms with E-state index in [-0.39, 0.29) is 4.90 Å². The largest absolute Gasteiger partial charge is 0.744 e. The van der Waals surface area contributed by atoms with Crippen LogP contribution in [0.15, 0.2) is 29.2 Å². The van der Waals surface area contributed by atoms with Crippen LogP contribution in [-0.4, -0.2) is 49.5 Å². The van der Waals surface area contributed by atoms with Gasteiger partial charge in [0, 0.05) is 0 Å². The van der Waals surface area contributed by atoms with Crippen molar-refractivity contribution in [2.75, 3.05) is 32.0 Å². The van der Waals surface area contributed by atoms with Crippen LogP contribution in [0.25, 0.3) is 0 Å². The van der Waals surface area contributed by atoms with Gasteiger partial charge in [-0.05, 0) is 44.7 Å². The molecule has 0 heterocycles. The number of nitrogens with zero attached hydrogens (tertiary/aromatic N) is 1. The summed E-state index contributed by atoms with van der Waals surface area (Å²) in [5, 5.41) is 1.14. The van der Waals surface area contributed by atoms with E-state index < -0.39 is 10.1 Å². The first-order valence-corrected chi connectivity index (χ1v) is 13.1. The van der Waals surface area contributed by atoms with E-state index in [1.807, 2.05) is 6.92 Å². The van der Waals surface area contributed by atoms with Crippen LogP contribution in [0.3, 0.4) is 0 Å². The van der Waals surface area contributed by atoms with Crippen LogP contribution in [0.2, 0.25) is 0 Å². The highest BCUT2D eigenvalue weighted by atomic mass is 79.9. The molecule has 0 aliphatic heterocycles. The lowest BCUT2D eigenvalue weighted by Gasteiger charge is -2.34. The molecule has 164 valence electrons. The Labute approximate surface area is 182 Å². The molecule has 0 saturated carbocycles. The van der Waals surface area contributed by atoms with Crippen LogP contribution in [0.4, 0.5) is 0 Å². The maximum absolute atomic E-state index is 10.4. The standard InChI is InChI=1S/C15H33BrN.C7H8O3S/c1-4-6-8-10-13-17(3,15-12-16)14-11-9-7-5-2;1-6-2-4-7(5-3-6)11(8,9)10/h4-15H2,1-3H3;2-5H,1H3,(H,8,9,10)/q+1;/p-1. The molecule has 0 unspecified atom stereocenters. The summed E-state index contributed by atoms with van der Waals surface area (Å²) in [6, 6.07) is 5.78. The minimum absolute atomic E-state index is 0.178. The quantitative estimate of drug-likeness (QED) is 0.154. The first-order chi connectivity index (χ1) is 13.2. The lowest BCUT2D eigenvalue weighted by atomic mass is 10.1. The normalized spacial score (nSPS) is 11.8.